The molecule has 1 saturated heterocycles. The first kappa shape index (κ1) is 17.6. The third kappa shape index (κ3) is 3.89. The average Bonchev–Trinajstić information content (AvgIpc) is 3.14. The van der Waals surface area contributed by atoms with Gasteiger partial charge >= 0.3 is 0 Å². The molecule has 0 aliphatic carbocycles. The van der Waals surface area contributed by atoms with Crippen molar-refractivity contribution >= 4 is 15.9 Å². The Morgan fingerprint density at radius 3 is 2.84 bits per heavy atom. The van der Waals surface area contributed by atoms with E-state index in [-0.39, 0.29) is 22.5 Å². The van der Waals surface area contributed by atoms with Gasteiger partial charge in [-0.2, -0.15) is 4.31 Å². The molecule has 2 N–H and O–H groups in total. The molecule has 9 heteroatoms. The van der Waals surface area contributed by atoms with Gasteiger partial charge in [-0.05, 0) is 24.6 Å². The molecule has 1 aliphatic heterocycles. The van der Waals surface area contributed by atoms with Crippen molar-refractivity contribution in [3.63, 3.8) is 0 Å². The minimum absolute atomic E-state index is 0.0774. The highest BCUT2D eigenvalue weighted by Gasteiger charge is 2.28. The number of nitrogens with zero attached hydrogens (tertiary/aromatic N) is 2. The largest absolute Gasteiger partial charge is 0.379 e. The lowest BCUT2D eigenvalue weighted by atomic mass is 10.1. The van der Waals surface area contributed by atoms with Crippen LogP contribution in [0.4, 0.5) is 0 Å². The van der Waals surface area contributed by atoms with Crippen LogP contribution in [0, 0.1) is 0 Å². The number of hydrogen-bond acceptors (Lipinski definition) is 5. The molecule has 0 bridgehead atoms. The number of carbonyl (C=O) groups excluding carboxylic acids is 1. The third-order valence-electron chi connectivity index (χ3n) is 4.04. The van der Waals surface area contributed by atoms with E-state index in [1.165, 1.54) is 16.6 Å². The number of carbonyl (C=O) groups is 1. The fraction of sp³-hybridized carbons (Fsp3) is 0.375. The topological polar surface area (TPSA) is 104 Å². The van der Waals surface area contributed by atoms with E-state index in [1.54, 1.807) is 18.5 Å². The summed E-state index contributed by atoms with van der Waals surface area (Å²) in [6, 6.07) is 4.76. The van der Waals surface area contributed by atoms with E-state index in [2.05, 4.69) is 15.3 Å². The Bertz CT molecular complexity index is 829. The number of morpholine rings is 1. The highest BCUT2D eigenvalue weighted by molar-refractivity contribution is 7.89. The molecule has 2 aromatic heterocycles. The fourth-order valence-electron chi connectivity index (χ4n) is 2.58. The smallest absolute Gasteiger partial charge is 0.268 e. The second kappa shape index (κ2) is 7.34. The first-order chi connectivity index (χ1) is 12.0. The van der Waals surface area contributed by atoms with E-state index in [9.17, 15) is 13.2 Å². The zero-order valence-electron chi connectivity index (χ0n) is 13.8. The summed E-state index contributed by atoms with van der Waals surface area (Å²) in [5.41, 5.74) is 1.06. The van der Waals surface area contributed by atoms with Crippen LogP contribution in [0.25, 0.3) is 0 Å². The fourth-order valence-corrected chi connectivity index (χ4v) is 3.98. The van der Waals surface area contributed by atoms with Crippen LogP contribution in [0.5, 0.6) is 0 Å². The summed E-state index contributed by atoms with van der Waals surface area (Å²) in [6.45, 7) is 3.21. The normalized spacial score (nSPS) is 17.2. The molecule has 1 atom stereocenters. The van der Waals surface area contributed by atoms with E-state index in [0.717, 1.165) is 5.56 Å². The number of ether oxygens (including phenoxy) is 1. The van der Waals surface area contributed by atoms with E-state index >= 15 is 0 Å². The van der Waals surface area contributed by atoms with Crippen LogP contribution < -0.4 is 5.32 Å². The van der Waals surface area contributed by atoms with Crippen LogP contribution >= 0.6 is 0 Å². The lowest BCUT2D eigenvalue weighted by Crippen LogP contribution is -2.40. The molecule has 1 fully saturated rings. The van der Waals surface area contributed by atoms with Gasteiger partial charge in [0.15, 0.2) is 0 Å². The zero-order chi connectivity index (χ0) is 17.9. The Morgan fingerprint density at radius 2 is 2.16 bits per heavy atom. The predicted molar refractivity (Wildman–Crippen MR) is 90.5 cm³/mol. The summed E-state index contributed by atoms with van der Waals surface area (Å²) in [4.78, 5) is 19.2. The molecule has 0 saturated carbocycles. The van der Waals surface area contributed by atoms with Gasteiger partial charge in [0.25, 0.3) is 5.91 Å². The second-order valence-electron chi connectivity index (χ2n) is 5.75. The van der Waals surface area contributed by atoms with Gasteiger partial charge in [0, 0.05) is 31.7 Å². The van der Waals surface area contributed by atoms with Gasteiger partial charge in [0.2, 0.25) is 10.0 Å². The SMILES string of the molecule is CC(NC(=O)c1cc(S(=O)(=O)N2CCOCC2)c[nH]1)c1cccnc1. The minimum Gasteiger partial charge on any atom is -0.379 e. The predicted octanol–water partition coefficient (Wildman–Crippen LogP) is 0.922. The number of hydrogen-bond donors (Lipinski definition) is 2. The van der Waals surface area contributed by atoms with Gasteiger partial charge in [0.05, 0.1) is 19.3 Å². The highest BCUT2D eigenvalue weighted by Crippen LogP contribution is 2.19. The van der Waals surface area contributed by atoms with Crippen LogP contribution in [0.2, 0.25) is 0 Å². The molecule has 1 amide bonds. The van der Waals surface area contributed by atoms with Crippen molar-refractivity contribution in [2.24, 2.45) is 0 Å². The number of pyridine rings is 1. The van der Waals surface area contributed by atoms with Crippen molar-refractivity contribution in [1.82, 2.24) is 19.6 Å². The van der Waals surface area contributed by atoms with Gasteiger partial charge < -0.3 is 15.0 Å². The number of sulfonamides is 1. The zero-order valence-corrected chi connectivity index (χ0v) is 14.6. The van der Waals surface area contributed by atoms with Crippen LogP contribution in [0.3, 0.4) is 0 Å². The number of H-pyrrole nitrogens is 1. The molecule has 3 heterocycles. The number of rotatable bonds is 5. The van der Waals surface area contributed by atoms with Crippen molar-refractivity contribution in [3.8, 4) is 0 Å². The van der Waals surface area contributed by atoms with Crippen molar-refractivity contribution in [2.45, 2.75) is 17.9 Å². The number of aromatic amines is 1. The maximum absolute atomic E-state index is 12.6. The van der Waals surface area contributed by atoms with Crippen LogP contribution in [0.1, 0.15) is 29.0 Å². The van der Waals surface area contributed by atoms with Crippen molar-refractivity contribution in [3.05, 3.63) is 48.0 Å². The Labute approximate surface area is 146 Å². The maximum atomic E-state index is 12.6. The van der Waals surface area contributed by atoms with Crippen LogP contribution in [-0.2, 0) is 14.8 Å². The molecular formula is C16H20N4O4S. The van der Waals surface area contributed by atoms with Crippen LogP contribution in [0.15, 0.2) is 41.7 Å². The van der Waals surface area contributed by atoms with Gasteiger partial charge in [-0.1, -0.05) is 6.07 Å². The summed E-state index contributed by atoms with van der Waals surface area (Å²) >= 11 is 0. The molecule has 134 valence electrons. The van der Waals surface area contributed by atoms with Gasteiger partial charge in [-0.25, -0.2) is 8.42 Å². The third-order valence-corrected chi connectivity index (χ3v) is 5.92. The molecule has 0 aromatic carbocycles. The number of amides is 1. The molecule has 8 nitrogen and oxygen atoms in total. The molecule has 1 unspecified atom stereocenters. The molecule has 2 aromatic rings. The first-order valence-electron chi connectivity index (χ1n) is 7.95. The first-order valence-corrected chi connectivity index (χ1v) is 9.39. The Morgan fingerprint density at radius 1 is 1.40 bits per heavy atom. The Balaban J connectivity index is 1.71. The molecule has 3 rings (SSSR count). The Hall–Kier alpha value is -2.23. The number of aromatic nitrogens is 2. The molecule has 25 heavy (non-hydrogen) atoms. The highest BCUT2D eigenvalue weighted by atomic mass is 32.2. The monoisotopic (exact) mass is 364 g/mol. The number of nitrogens with one attached hydrogen (secondary N) is 2. The summed E-state index contributed by atoms with van der Waals surface area (Å²) in [6.07, 6.45) is 4.67. The standard InChI is InChI=1S/C16H20N4O4S/c1-12(13-3-2-4-17-10-13)19-16(21)15-9-14(11-18-15)25(22,23)20-5-7-24-8-6-20/h2-4,9-12,18H,5-8H2,1H3,(H,19,21). The summed E-state index contributed by atoms with van der Waals surface area (Å²) < 4.78 is 31.7. The van der Waals surface area contributed by atoms with Crippen LogP contribution in [-0.4, -0.2) is 54.9 Å². The summed E-state index contributed by atoms with van der Waals surface area (Å²) in [7, 11) is -3.62. The van der Waals surface area contributed by atoms with Gasteiger partial charge in [-0.3, -0.25) is 9.78 Å². The maximum Gasteiger partial charge on any atom is 0.268 e. The van der Waals surface area contributed by atoms with Crippen molar-refractivity contribution in [2.75, 3.05) is 26.3 Å². The van der Waals surface area contributed by atoms with Crippen molar-refractivity contribution < 1.29 is 17.9 Å². The molecular weight excluding hydrogens is 344 g/mol. The van der Waals surface area contributed by atoms with E-state index in [0.29, 0.717) is 26.3 Å². The van der Waals surface area contributed by atoms with E-state index in [1.807, 2.05) is 13.0 Å². The lowest BCUT2D eigenvalue weighted by Gasteiger charge is -2.25. The lowest BCUT2D eigenvalue weighted by molar-refractivity contribution is 0.0730. The van der Waals surface area contributed by atoms with E-state index < -0.39 is 10.0 Å². The molecule has 1 aliphatic rings. The average molecular weight is 364 g/mol. The second-order valence-corrected chi connectivity index (χ2v) is 7.68. The minimum atomic E-state index is -3.62. The summed E-state index contributed by atoms with van der Waals surface area (Å²) in [5, 5.41) is 2.82. The van der Waals surface area contributed by atoms with E-state index in [4.69, 9.17) is 4.74 Å². The Kier molecular flexibility index (Phi) is 5.16. The van der Waals surface area contributed by atoms with Gasteiger partial charge in [0.1, 0.15) is 10.6 Å². The van der Waals surface area contributed by atoms with Crippen molar-refractivity contribution in [1.29, 1.82) is 0 Å². The molecule has 0 spiro atoms. The quantitative estimate of drug-likeness (QED) is 0.821. The summed E-state index contributed by atoms with van der Waals surface area (Å²) in [5.74, 6) is -0.375. The molecule has 0 radical (unpaired) electrons. The van der Waals surface area contributed by atoms with Gasteiger partial charge in [-0.15, -0.1) is 0 Å².